The van der Waals surface area contributed by atoms with Crippen LogP contribution in [0.4, 0.5) is 0 Å². The molecule has 0 saturated carbocycles. The van der Waals surface area contributed by atoms with Gasteiger partial charge in [0, 0.05) is 17.1 Å². The Hall–Kier alpha value is -2.52. The lowest BCUT2D eigenvalue weighted by atomic mass is 10.1. The highest BCUT2D eigenvalue weighted by Gasteiger charge is 2.07. The maximum absolute atomic E-state index is 9.00. The van der Waals surface area contributed by atoms with Gasteiger partial charge in [-0.3, -0.25) is 0 Å². The molecule has 0 bridgehead atoms. The van der Waals surface area contributed by atoms with Crippen molar-refractivity contribution in [2.24, 2.45) is 0 Å². The molecule has 3 heteroatoms. The monoisotopic (exact) mass is 221 g/mol. The average molecular weight is 221 g/mol. The molecular formula is C14H11N3. The third kappa shape index (κ3) is 1.79. The highest BCUT2D eigenvalue weighted by molar-refractivity contribution is 5.52. The molecule has 2 rings (SSSR count). The van der Waals surface area contributed by atoms with E-state index in [4.69, 9.17) is 10.5 Å². The highest BCUT2D eigenvalue weighted by Crippen LogP contribution is 2.19. The number of rotatable bonds is 1. The zero-order chi connectivity index (χ0) is 12.4. The van der Waals surface area contributed by atoms with Crippen molar-refractivity contribution in [1.82, 2.24) is 4.57 Å². The molecule has 0 saturated heterocycles. The van der Waals surface area contributed by atoms with Gasteiger partial charge in [-0.15, -0.1) is 0 Å². The van der Waals surface area contributed by atoms with Crippen LogP contribution in [0.1, 0.15) is 22.5 Å². The molecule has 17 heavy (non-hydrogen) atoms. The minimum absolute atomic E-state index is 0.414. The van der Waals surface area contributed by atoms with Crippen molar-refractivity contribution in [2.75, 3.05) is 0 Å². The van der Waals surface area contributed by atoms with Gasteiger partial charge >= 0.3 is 0 Å². The van der Waals surface area contributed by atoms with Gasteiger partial charge in [0.2, 0.25) is 0 Å². The number of nitrogens with zero attached hydrogens (tertiary/aromatic N) is 3. The Morgan fingerprint density at radius 2 is 1.47 bits per heavy atom. The van der Waals surface area contributed by atoms with Crippen LogP contribution in [-0.4, -0.2) is 4.57 Å². The predicted molar refractivity (Wildman–Crippen MR) is 64.7 cm³/mol. The molecule has 82 valence electrons. The van der Waals surface area contributed by atoms with Crippen LogP contribution >= 0.6 is 0 Å². The molecular weight excluding hydrogens is 210 g/mol. The fourth-order valence-electron chi connectivity index (χ4n) is 1.94. The van der Waals surface area contributed by atoms with Crippen molar-refractivity contribution < 1.29 is 0 Å². The van der Waals surface area contributed by atoms with Crippen LogP contribution in [0.25, 0.3) is 5.69 Å². The molecule has 0 amide bonds. The standard InChI is InChI=1S/C14H11N3/c1-10-3-4-11(2)17(10)14-6-5-12(8-15)13(7-14)9-16/h3-7H,1-2H3. The summed E-state index contributed by atoms with van der Waals surface area (Å²) in [5.74, 6) is 0. The maximum Gasteiger partial charge on any atom is 0.101 e. The first-order chi connectivity index (χ1) is 8.17. The number of benzene rings is 1. The van der Waals surface area contributed by atoms with Gasteiger partial charge in [-0.25, -0.2) is 0 Å². The first-order valence-corrected chi connectivity index (χ1v) is 5.27. The average Bonchev–Trinajstić information content (AvgIpc) is 2.68. The summed E-state index contributed by atoms with van der Waals surface area (Å²) in [6.45, 7) is 4.02. The molecule has 1 aromatic heterocycles. The van der Waals surface area contributed by atoms with Gasteiger partial charge in [0.05, 0.1) is 11.1 Å². The minimum Gasteiger partial charge on any atom is -0.318 e. The Balaban J connectivity index is 2.64. The fourth-order valence-corrected chi connectivity index (χ4v) is 1.94. The van der Waals surface area contributed by atoms with Crippen LogP contribution in [0.2, 0.25) is 0 Å². The van der Waals surface area contributed by atoms with Crippen LogP contribution in [-0.2, 0) is 0 Å². The van der Waals surface area contributed by atoms with E-state index in [0.29, 0.717) is 11.1 Å². The first kappa shape index (κ1) is 11.0. The summed E-state index contributed by atoms with van der Waals surface area (Å²) in [6.07, 6.45) is 0. The number of hydrogen-bond acceptors (Lipinski definition) is 2. The Morgan fingerprint density at radius 3 is 2.00 bits per heavy atom. The summed E-state index contributed by atoms with van der Waals surface area (Å²) in [5.41, 5.74) is 3.96. The smallest absolute Gasteiger partial charge is 0.101 e. The van der Waals surface area contributed by atoms with Crippen molar-refractivity contribution in [3.8, 4) is 17.8 Å². The van der Waals surface area contributed by atoms with Gasteiger partial charge in [0.1, 0.15) is 12.1 Å². The van der Waals surface area contributed by atoms with E-state index < -0.39 is 0 Å². The topological polar surface area (TPSA) is 52.5 Å². The summed E-state index contributed by atoms with van der Waals surface area (Å²) < 4.78 is 2.06. The van der Waals surface area contributed by atoms with E-state index in [-0.39, 0.29) is 0 Å². The molecule has 0 unspecified atom stereocenters. The molecule has 0 spiro atoms. The molecule has 0 radical (unpaired) electrons. The molecule has 3 nitrogen and oxygen atoms in total. The van der Waals surface area contributed by atoms with Gasteiger partial charge in [-0.05, 0) is 44.2 Å². The number of hydrogen-bond donors (Lipinski definition) is 0. The first-order valence-electron chi connectivity index (χ1n) is 5.27. The molecule has 1 heterocycles. The lowest BCUT2D eigenvalue weighted by molar-refractivity contribution is 0.965. The van der Waals surface area contributed by atoms with Crippen LogP contribution in [0, 0.1) is 36.5 Å². The number of nitriles is 2. The van der Waals surface area contributed by atoms with Gasteiger partial charge in [-0.2, -0.15) is 10.5 Å². The summed E-state index contributed by atoms with van der Waals surface area (Å²) in [5, 5.41) is 17.9. The highest BCUT2D eigenvalue weighted by atomic mass is 15.0. The Kier molecular flexibility index (Phi) is 2.68. The van der Waals surface area contributed by atoms with E-state index in [2.05, 4.69) is 10.6 Å². The van der Waals surface area contributed by atoms with Crippen molar-refractivity contribution in [3.05, 3.63) is 52.8 Å². The third-order valence-corrected chi connectivity index (χ3v) is 2.77. The molecule has 1 aromatic carbocycles. The zero-order valence-corrected chi connectivity index (χ0v) is 9.73. The van der Waals surface area contributed by atoms with Crippen molar-refractivity contribution in [3.63, 3.8) is 0 Å². The lowest BCUT2D eigenvalue weighted by Gasteiger charge is -2.09. The quantitative estimate of drug-likeness (QED) is 0.743. The van der Waals surface area contributed by atoms with Crippen LogP contribution in [0.3, 0.4) is 0 Å². The zero-order valence-electron chi connectivity index (χ0n) is 9.73. The molecule has 0 fully saturated rings. The molecule has 0 aliphatic rings. The second-order valence-electron chi connectivity index (χ2n) is 3.90. The van der Waals surface area contributed by atoms with E-state index >= 15 is 0 Å². The summed E-state index contributed by atoms with van der Waals surface area (Å²) in [6, 6.07) is 13.4. The Bertz CT molecular complexity index is 632. The normalized spacial score (nSPS) is 9.65. The summed E-state index contributed by atoms with van der Waals surface area (Å²) >= 11 is 0. The van der Waals surface area contributed by atoms with Crippen LogP contribution in [0.5, 0.6) is 0 Å². The van der Waals surface area contributed by atoms with E-state index in [0.717, 1.165) is 17.1 Å². The van der Waals surface area contributed by atoms with Crippen LogP contribution in [0.15, 0.2) is 30.3 Å². The number of aromatic nitrogens is 1. The molecule has 0 aliphatic carbocycles. The van der Waals surface area contributed by atoms with E-state index in [1.807, 2.05) is 38.1 Å². The van der Waals surface area contributed by atoms with Crippen molar-refractivity contribution in [2.45, 2.75) is 13.8 Å². The van der Waals surface area contributed by atoms with Gasteiger partial charge in [-0.1, -0.05) is 0 Å². The number of aryl methyl sites for hydroxylation is 2. The molecule has 0 N–H and O–H groups in total. The second kappa shape index (κ2) is 4.15. The molecule has 0 aliphatic heterocycles. The molecule has 0 atom stereocenters. The predicted octanol–water partition coefficient (Wildman–Crippen LogP) is 2.84. The van der Waals surface area contributed by atoms with E-state index in [9.17, 15) is 0 Å². The third-order valence-electron chi connectivity index (χ3n) is 2.77. The SMILES string of the molecule is Cc1ccc(C)n1-c1ccc(C#N)c(C#N)c1. The fraction of sp³-hybridized carbons (Fsp3) is 0.143. The Morgan fingerprint density at radius 1 is 0.882 bits per heavy atom. The second-order valence-corrected chi connectivity index (χ2v) is 3.90. The van der Waals surface area contributed by atoms with E-state index in [1.165, 1.54) is 0 Å². The lowest BCUT2D eigenvalue weighted by Crippen LogP contribution is -1.99. The Labute approximate surface area is 100 Å². The van der Waals surface area contributed by atoms with Gasteiger partial charge in [0.15, 0.2) is 0 Å². The van der Waals surface area contributed by atoms with Gasteiger partial charge in [0.25, 0.3) is 0 Å². The van der Waals surface area contributed by atoms with Crippen molar-refractivity contribution in [1.29, 1.82) is 10.5 Å². The minimum atomic E-state index is 0.414. The molecule has 2 aromatic rings. The largest absolute Gasteiger partial charge is 0.318 e. The maximum atomic E-state index is 9.00. The van der Waals surface area contributed by atoms with E-state index in [1.54, 1.807) is 12.1 Å². The summed E-state index contributed by atoms with van der Waals surface area (Å²) in [4.78, 5) is 0. The van der Waals surface area contributed by atoms with Gasteiger partial charge < -0.3 is 4.57 Å². The van der Waals surface area contributed by atoms with Crippen LogP contribution < -0.4 is 0 Å². The van der Waals surface area contributed by atoms with Crippen molar-refractivity contribution >= 4 is 0 Å². The summed E-state index contributed by atoms with van der Waals surface area (Å²) in [7, 11) is 0.